The lowest BCUT2D eigenvalue weighted by Gasteiger charge is -2.31. The first-order valence-electron chi connectivity index (χ1n) is 13.3. The van der Waals surface area contributed by atoms with Gasteiger partial charge in [0.1, 0.15) is 36.7 Å². The van der Waals surface area contributed by atoms with E-state index in [9.17, 15) is 14.4 Å². The summed E-state index contributed by atoms with van der Waals surface area (Å²) in [5, 5.41) is 0. The van der Waals surface area contributed by atoms with Crippen LogP contribution in [0.2, 0.25) is 0 Å². The van der Waals surface area contributed by atoms with Crippen molar-refractivity contribution in [2.75, 3.05) is 6.61 Å². The Hall–Kier alpha value is -4.01. The summed E-state index contributed by atoms with van der Waals surface area (Å²) in [5.74, 6) is -0.553. The molecule has 1 aliphatic heterocycles. The Kier molecular flexibility index (Phi) is 9.69. The summed E-state index contributed by atoms with van der Waals surface area (Å²) in [7, 11) is 0. The highest BCUT2D eigenvalue weighted by Gasteiger charge is 2.54. The molecular weight excluding hydrogens is 510 g/mol. The molecule has 210 valence electrons. The summed E-state index contributed by atoms with van der Waals surface area (Å²) in [6, 6.07) is 25.8. The summed E-state index contributed by atoms with van der Waals surface area (Å²) in [5.41, 5.74) is 1.36. The predicted octanol–water partition coefficient (Wildman–Crippen LogP) is 5.20. The molecule has 0 spiro atoms. The average molecular weight is 546 g/mol. The molecule has 1 fully saturated rings. The SMILES string of the molecule is CC(C)(C)OC(=O)N1[C@H](C=O)[C@H](OCc2ccccc2)[C@H](OCc2ccccc2)[C@H]1COC(=O)c1ccccc1. The van der Waals surface area contributed by atoms with Crippen LogP contribution in [0.4, 0.5) is 4.79 Å². The van der Waals surface area contributed by atoms with Crippen LogP contribution >= 0.6 is 0 Å². The fourth-order valence-corrected chi connectivity index (χ4v) is 4.59. The molecule has 8 heteroatoms. The lowest BCUT2D eigenvalue weighted by molar-refractivity contribution is -0.119. The van der Waals surface area contributed by atoms with Crippen LogP contribution in [-0.2, 0) is 37.0 Å². The molecule has 40 heavy (non-hydrogen) atoms. The van der Waals surface area contributed by atoms with Crippen LogP contribution in [0.3, 0.4) is 0 Å². The van der Waals surface area contributed by atoms with E-state index in [0.29, 0.717) is 11.8 Å². The van der Waals surface area contributed by atoms with Gasteiger partial charge in [0.25, 0.3) is 0 Å². The van der Waals surface area contributed by atoms with E-state index in [1.807, 2.05) is 60.7 Å². The van der Waals surface area contributed by atoms with Gasteiger partial charge in [-0.25, -0.2) is 9.59 Å². The normalized spacial score (nSPS) is 20.6. The minimum Gasteiger partial charge on any atom is -0.460 e. The van der Waals surface area contributed by atoms with Crippen LogP contribution in [-0.4, -0.2) is 59.7 Å². The summed E-state index contributed by atoms with van der Waals surface area (Å²) >= 11 is 0. The second-order valence-electron chi connectivity index (χ2n) is 10.6. The van der Waals surface area contributed by atoms with Crippen LogP contribution in [0, 0.1) is 0 Å². The number of benzene rings is 3. The Morgan fingerprint density at radius 2 is 1.27 bits per heavy atom. The van der Waals surface area contributed by atoms with Crippen molar-refractivity contribution in [3.63, 3.8) is 0 Å². The molecule has 0 unspecified atom stereocenters. The number of hydrogen-bond donors (Lipinski definition) is 0. The summed E-state index contributed by atoms with van der Waals surface area (Å²) < 4.78 is 24.0. The van der Waals surface area contributed by atoms with Crippen molar-refractivity contribution in [3.8, 4) is 0 Å². The topological polar surface area (TPSA) is 91.4 Å². The molecule has 4 atom stereocenters. The van der Waals surface area contributed by atoms with Crippen LogP contribution in [0.25, 0.3) is 0 Å². The molecule has 4 rings (SSSR count). The van der Waals surface area contributed by atoms with E-state index in [-0.39, 0.29) is 19.8 Å². The molecule has 3 aromatic carbocycles. The highest BCUT2D eigenvalue weighted by Crippen LogP contribution is 2.33. The van der Waals surface area contributed by atoms with Crippen molar-refractivity contribution in [2.45, 2.75) is 63.9 Å². The molecule has 1 amide bonds. The zero-order valence-electron chi connectivity index (χ0n) is 23.0. The van der Waals surface area contributed by atoms with Gasteiger partial charge in [-0.15, -0.1) is 0 Å². The largest absolute Gasteiger partial charge is 0.460 e. The van der Waals surface area contributed by atoms with Crippen molar-refractivity contribution in [2.24, 2.45) is 0 Å². The van der Waals surface area contributed by atoms with Crippen molar-refractivity contribution >= 4 is 18.3 Å². The summed E-state index contributed by atoms with van der Waals surface area (Å²) in [4.78, 5) is 40.2. The molecule has 1 heterocycles. The fraction of sp³-hybridized carbons (Fsp3) is 0.344. The molecule has 1 saturated heterocycles. The highest BCUT2D eigenvalue weighted by molar-refractivity contribution is 5.89. The van der Waals surface area contributed by atoms with Gasteiger partial charge < -0.3 is 23.7 Å². The molecule has 3 aromatic rings. The first-order chi connectivity index (χ1) is 19.3. The molecule has 0 N–H and O–H groups in total. The average Bonchev–Trinajstić information content (AvgIpc) is 3.26. The van der Waals surface area contributed by atoms with Crippen LogP contribution in [0.15, 0.2) is 91.0 Å². The molecule has 0 bridgehead atoms. The van der Waals surface area contributed by atoms with Crippen molar-refractivity contribution in [1.29, 1.82) is 0 Å². The Balaban J connectivity index is 1.65. The van der Waals surface area contributed by atoms with E-state index in [2.05, 4.69) is 0 Å². The molecule has 1 aliphatic rings. The minimum absolute atomic E-state index is 0.194. The number of ether oxygens (including phenoxy) is 4. The van der Waals surface area contributed by atoms with E-state index in [1.54, 1.807) is 51.1 Å². The maximum atomic E-state index is 13.5. The summed E-state index contributed by atoms with van der Waals surface area (Å²) in [6.45, 7) is 5.41. The lowest BCUT2D eigenvalue weighted by Crippen LogP contribution is -2.49. The Labute approximate surface area is 234 Å². The molecular formula is C32H35NO7. The maximum Gasteiger partial charge on any atom is 0.411 e. The van der Waals surface area contributed by atoms with Crippen LogP contribution in [0.1, 0.15) is 42.3 Å². The first-order valence-corrected chi connectivity index (χ1v) is 13.3. The van der Waals surface area contributed by atoms with Gasteiger partial charge in [-0.05, 0) is 44.0 Å². The maximum absolute atomic E-state index is 13.5. The second-order valence-corrected chi connectivity index (χ2v) is 10.6. The van der Waals surface area contributed by atoms with Gasteiger partial charge in [0.05, 0.1) is 24.8 Å². The van der Waals surface area contributed by atoms with E-state index in [1.165, 1.54) is 4.90 Å². The van der Waals surface area contributed by atoms with Gasteiger partial charge in [0.15, 0.2) is 0 Å². The highest BCUT2D eigenvalue weighted by atomic mass is 16.6. The van der Waals surface area contributed by atoms with Gasteiger partial charge in [0.2, 0.25) is 0 Å². The van der Waals surface area contributed by atoms with Gasteiger partial charge in [-0.1, -0.05) is 78.9 Å². The first kappa shape index (κ1) is 29.0. The number of likely N-dealkylation sites (tertiary alicyclic amines) is 1. The van der Waals surface area contributed by atoms with Crippen LogP contribution < -0.4 is 0 Å². The Bertz CT molecular complexity index is 1240. The number of nitrogens with zero attached hydrogens (tertiary/aromatic N) is 1. The lowest BCUT2D eigenvalue weighted by atomic mass is 10.1. The van der Waals surface area contributed by atoms with E-state index < -0.39 is 42.0 Å². The molecule has 8 nitrogen and oxygen atoms in total. The molecule has 0 aliphatic carbocycles. The smallest absolute Gasteiger partial charge is 0.411 e. The third-order valence-corrected chi connectivity index (χ3v) is 6.43. The second kappa shape index (κ2) is 13.4. The predicted molar refractivity (Wildman–Crippen MR) is 148 cm³/mol. The van der Waals surface area contributed by atoms with Gasteiger partial charge in [-0.3, -0.25) is 4.90 Å². The zero-order chi connectivity index (χ0) is 28.5. The number of amides is 1. The van der Waals surface area contributed by atoms with Crippen LogP contribution in [0.5, 0.6) is 0 Å². The number of carbonyl (C=O) groups is 3. The molecule has 0 aromatic heterocycles. The number of hydrogen-bond acceptors (Lipinski definition) is 7. The third kappa shape index (κ3) is 7.55. The standard InChI is InChI=1S/C32H35NO7/c1-32(2,3)40-31(36)33-26(19-34)28(37-20-23-13-7-4-8-14-23)29(38-21-24-15-9-5-10-16-24)27(33)22-39-30(35)25-17-11-6-12-18-25/h4-19,26-29H,20-22H2,1-3H3/t26-,27-,28+,29-/m1/s1. The molecule has 0 radical (unpaired) electrons. The van der Waals surface area contributed by atoms with E-state index in [0.717, 1.165) is 11.1 Å². The van der Waals surface area contributed by atoms with Crippen molar-refractivity contribution in [1.82, 2.24) is 4.90 Å². The fourth-order valence-electron chi connectivity index (χ4n) is 4.59. The minimum atomic E-state index is -1.03. The monoisotopic (exact) mass is 545 g/mol. The van der Waals surface area contributed by atoms with Crippen molar-refractivity contribution < 1.29 is 33.3 Å². The van der Waals surface area contributed by atoms with Crippen molar-refractivity contribution in [3.05, 3.63) is 108 Å². The van der Waals surface area contributed by atoms with Gasteiger partial charge in [0, 0.05) is 0 Å². The number of rotatable bonds is 10. The van der Waals surface area contributed by atoms with Gasteiger partial charge >= 0.3 is 12.1 Å². The Morgan fingerprint density at radius 1 is 0.775 bits per heavy atom. The Morgan fingerprint density at radius 3 is 1.77 bits per heavy atom. The number of carbonyl (C=O) groups excluding carboxylic acids is 3. The summed E-state index contributed by atoms with van der Waals surface area (Å²) in [6.07, 6.45) is -1.69. The number of esters is 1. The third-order valence-electron chi connectivity index (χ3n) is 6.43. The molecule has 0 saturated carbocycles. The van der Waals surface area contributed by atoms with Gasteiger partial charge in [-0.2, -0.15) is 0 Å². The number of aldehydes is 1. The van der Waals surface area contributed by atoms with E-state index in [4.69, 9.17) is 18.9 Å². The van der Waals surface area contributed by atoms with E-state index >= 15 is 0 Å². The quantitative estimate of drug-likeness (QED) is 0.255. The zero-order valence-corrected chi connectivity index (χ0v) is 23.0.